The van der Waals surface area contributed by atoms with Crippen LogP contribution in [0.2, 0.25) is 5.15 Å². The predicted molar refractivity (Wildman–Crippen MR) is 59.1 cm³/mol. The first-order chi connectivity index (χ1) is 7.29. The Morgan fingerprint density at radius 1 is 1.47 bits per heavy atom. The Labute approximate surface area is 93.9 Å². The first-order valence-corrected chi connectivity index (χ1v) is 5.52. The summed E-state index contributed by atoms with van der Waals surface area (Å²) in [6.07, 6.45) is 2.18. The SMILES string of the molecule is OC[C@H]1CCCN(c2ccc(Cl)nn2)C1. The van der Waals surface area contributed by atoms with Crippen molar-refractivity contribution in [2.75, 3.05) is 24.6 Å². The Kier molecular flexibility index (Phi) is 3.38. The molecule has 0 radical (unpaired) electrons. The van der Waals surface area contributed by atoms with Crippen molar-refractivity contribution >= 4 is 17.4 Å². The van der Waals surface area contributed by atoms with Gasteiger partial charge in [0.25, 0.3) is 0 Å². The maximum absolute atomic E-state index is 9.12. The van der Waals surface area contributed by atoms with Gasteiger partial charge in [-0.3, -0.25) is 0 Å². The van der Waals surface area contributed by atoms with Crippen LogP contribution in [0.1, 0.15) is 12.8 Å². The van der Waals surface area contributed by atoms with Gasteiger partial charge >= 0.3 is 0 Å². The van der Waals surface area contributed by atoms with Crippen molar-refractivity contribution in [3.05, 3.63) is 17.3 Å². The van der Waals surface area contributed by atoms with Crippen LogP contribution in [0.5, 0.6) is 0 Å². The molecule has 82 valence electrons. The highest BCUT2D eigenvalue weighted by atomic mass is 35.5. The molecular weight excluding hydrogens is 214 g/mol. The number of hydrogen-bond acceptors (Lipinski definition) is 4. The second-order valence-electron chi connectivity index (χ2n) is 3.85. The highest BCUT2D eigenvalue weighted by Crippen LogP contribution is 2.21. The standard InChI is InChI=1S/C10H14ClN3O/c11-9-3-4-10(13-12-9)14-5-1-2-8(6-14)7-15/h3-4,8,15H,1-2,5-7H2/t8-/m0/s1. The van der Waals surface area contributed by atoms with Crippen LogP contribution in [0, 0.1) is 5.92 Å². The van der Waals surface area contributed by atoms with Crippen molar-refractivity contribution < 1.29 is 5.11 Å². The molecule has 2 heterocycles. The third-order valence-corrected chi connectivity index (χ3v) is 2.92. The zero-order chi connectivity index (χ0) is 10.7. The van der Waals surface area contributed by atoms with Crippen LogP contribution in [0.25, 0.3) is 0 Å². The summed E-state index contributed by atoms with van der Waals surface area (Å²) < 4.78 is 0. The fraction of sp³-hybridized carbons (Fsp3) is 0.600. The number of anilines is 1. The summed E-state index contributed by atoms with van der Waals surface area (Å²) in [6, 6.07) is 3.61. The zero-order valence-electron chi connectivity index (χ0n) is 8.43. The molecule has 1 aliphatic rings. The van der Waals surface area contributed by atoms with Crippen LogP contribution < -0.4 is 4.90 Å². The maximum Gasteiger partial charge on any atom is 0.151 e. The summed E-state index contributed by atoms with van der Waals surface area (Å²) in [5.74, 6) is 1.20. The number of aliphatic hydroxyl groups is 1. The van der Waals surface area contributed by atoms with Crippen LogP contribution >= 0.6 is 11.6 Å². The lowest BCUT2D eigenvalue weighted by molar-refractivity contribution is 0.208. The van der Waals surface area contributed by atoms with Crippen LogP contribution in [-0.4, -0.2) is 35.0 Å². The summed E-state index contributed by atoms with van der Waals surface area (Å²) in [5, 5.41) is 17.4. The molecule has 1 fully saturated rings. The smallest absolute Gasteiger partial charge is 0.151 e. The number of rotatable bonds is 2. The van der Waals surface area contributed by atoms with Crippen LogP contribution in [0.4, 0.5) is 5.82 Å². The molecule has 1 atom stereocenters. The molecule has 5 heteroatoms. The normalized spacial score (nSPS) is 21.7. The molecule has 2 rings (SSSR count). The molecule has 1 saturated heterocycles. The fourth-order valence-electron chi connectivity index (χ4n) is 1.90. The van der Waals surface area contributed by atoms with Gasteiger partial charge in [-0.15, -0.1) is 10.2 Å². The monoisotopic (exact) mass is 227 g/mol. The molecule has 1 N–H and O–H groups in total. The Morgan fingerprint density at radius 2 is 2.33 bits per heavy atom. The van der Waals surface area contributed by atoms with Crippen LogP contribution in [0.3, 0.4) is 0 Å². The summed E-state index contributed by atoms with van der Waals surface area (Å²) in [4.78, 5) is 2.15. The first-order valence-electron chi connectivity index (χ1n) is 5.14. The molecule has 0 unspecified atom stereocenters. The van der Waals surface area contributed by atoms with Gasteiger partial charge in [0.05, 0.1) is 0 Å². The number of nitrogens with zero attached hydrogens (tertiary/aromatic N) is 3. The Morgan fingerprint density at radius 3 is 3.00 bits per heavy atom. The maximum atomic E-state index is 9.12. The van der Waals surface area contributed by atoms with Gasteiger partial charge in [0, 0.05) is 19.7 Å². The molecule has 0 saturated carbocycles. The summed E-state index contributed by atoms with van der Waals surface area (Å²) in [7, 11) is 0. The average Bonchev–Trinajstić information content (AvgIpc) is 2.30. The molecule has 0 spiro atoms. The molecule has 0 aromatic carbocycles. The highest BCUT2D eigenvalue weighted by molar-refractivity contribution is 6.29. The lowest BCUT2D eigenvalue weighted by Gasteiger charge is -2.32. The van der Waals surface area contributed by atoms with E-state index in [1.807, 2.05) is 6.07 Å². The highest BCUT2D eigenvalue weighted by Gasteiger charge is 2.20. The van der Waals surface area contributed by atoms with Crippen molar-refractivity contribution in [3.63, 3.8) is 0 Å². The molecule has 0 amide bonds. The average molecular weight is 228 g/mol. The first kappa shape index (κ1) is 10.6. The van der Waals surface area contributed by atoms with Crippen LogP contribution in [0.15, 0.2) is 12.1 Å². The molecule has 0 bridgehead atoms. The number of aromatic nitrogens is 2. The van der Waals surface area contributed by atoms with E-state index in [-0.39, 0.29) is 6.61 Å². The molecule has 15 heavy (non-hydrogen) atoms. The van der Waals surface area contributed by atoms with Gasteiger partial charge in [-0.25, -0.2) is 0 Å². The van der Waals surface area contributed by atoms with Gasteiger partial charge in [0.2, 0.25) is 0 Å². The number of aliphatic hydroxyl groups excluding tert-OH is 1. The van der Waals surface area contributed by atoms with Crippen molar-refractivity contribution in [1.82, 2.24) is 10.2 Å². The van der Waals surface area contributed by atoms with Crippen molar-refractivity contribution in [1.29, 1.82) is 0 Å². The molecule has 0 aliphatic carbocycles. The largest absolute Gasteiger partial charge is 0.396 e. The van der Waals surface area contributed by atoms with Gasteiger partial charge in [0.15, 0.2) is 11.0 Å². The molecule has 1 aromatic heterocycles. The van der Waals surface area contributed by atoms with Crippen LogP contribution in [-0.2, 0) is 0 Å². The third-order valence-electron chi connectivity index (χ3n) is 2.72. The quantitative estimate of drug-likeness (QED) is 0.829. The second-order valence-corrected chi connectivity index (χ2v) is 4.24. The second kappa shape index (κ2) is 4.77. The Balaban J connectivity index is 2.06. The van der Waals surface area contributed by atoms with Gasteiger partial charge < -0.3 is 10.0 Å². The number of hydrogen-bond donors (Lipinski definition) is 1. The van der Waals surface area contributed by atoms with Gasteiger partial charge in [-0.05, 0) is 30.9 Å². The summed E-state index contributed by atoms with van der Waals surface area (Å²) in [6.45, 7) is 2.08. The molecule has 4 nitrogen and oxygen atoms in total. The topological polar surface area (TPSA) is 49.2 Å². The van der Waals surface area contributed by atoms with Crippen molar-refractivity contribution in [2.24, 2.45) is 5.92 Å². The minimum Gasteiger partial charge on any atom is -0.396 e. The van der Waals surface area contributed by atoms with E-state index in [0.717, 1.165) is 31.7 Å². The van der Waals surface area contributed by atoms with Gasteiger partial charge in [0.1, 0.15) is 0 Å². The minimum absolute atomic E-state index is 0.248. The summed E-state index contributed by atoms with van der Waals surface area (Å²) in [5.41, 5.74) is 0. The lowest BCUT2D eigenvalue weighted by Crippen LogP contribution is -2.37. The molecule has 1 aromatic rings. The van der Waals surface area contributed by atoms with E-state index >= 15 is 0 Å². The van der Waals surface area contributed by atoms with E-state index < -0.39 is 0 Å². The lowest BCUT2D eigenvalue weighted by atomic mass is 9.99. The molecular formula is C10H14ClN3O. The van der Waals surface area contributed by atoms with Gasteiger partial charge in [-0.2, -0.15) is 0 Å². The van der Waals surface area contributed by atoms with Gasteiger partial charge in [-0.1, -0.05) is 11.6 Å². The van der Waals surface area contributed by atoms with E-state index in [1.165, 1.54) is 0 Å². The van der Waals surface area contributed by atoms with E-state index in [2.05, 4.69) is 15.1 Å². The fourth-order valence-corrected chi connectivity index (χ4v) is 2.00. The minimum atomic E-state index is 0.248. The molecule has 1 aliphatic heterocycles. The van der Waals surface area contributed by atoms with E-state index in [0.29, 0.717) is 11.1 Å². The number of piperidine rings is 1. The van der Waals surface area contributed by atoms with Crippen molar-refractivity contribution in [2.45, 2.75) is 12.8 Å². The third kappa shape index (κ3) is 2.58. The zero-order valence-corrected chi connectivity index (χ0v) is 9.19. The van der Waals surface area contributed by atoms with Crippen molar-refractivity contribution in [3.8, 4) is 0 Å². The predicted octanol–water partition coefficient (Wildman–Crippen LogP) is 1.34. The Hall–Kier alpha value is -0.870. The van der Waals surface area contributed by atoms with E-state index in [1.54, 1.807) is 6.07 Å². The Bertz CT molecular complexity index is 317. The van der Waals surface area contributed by atoms with E-state index in [9.17, 15) is 0 Å². The number of halogens is 1. The van der Waals surface area contributed by atoms with E-state index in [4.69, 9.17) is 16.7 Å². The summed E-state index contributed by atoms with van der Waals surface area (Å²) >= 11 is 5.67.